The van der Waals surface area contributed by atoms with Crippen LogP contribution in [0.2, 0.25) is 0 Å². The summed E-state index contributed by atoms with van der Waals surface area (Å²) < 4.78 is 25.8. The Hall–Kier alpha value is -2.00. The van der Waals surface area contributed by atoms with E-state index in [1.54, 1.807) is 16.8 Å². The molecule has 0 atom stereocenters. The number of aromatic carboxylic acids is 1. The number of carbonyl (C=O) groups is 1. The summed E-state index contributed by atoms with van der Waals surface area (Å²) in [5.41, 5.74) is 1.04. The molecule has 0 unspecified atom stereocenters. The van der Waals surface area contributed by atoms with E-state index in [0.717, 1.165) is 6.26 Å². The molecule has 0 bridgehead atoms. The molecule has 0 amide bonds. The Kier molecular flexibility index (Phi) is 4.00. The molecule has 0 saturated heterocycles. The molecule has 1 aromatic carbocycles. The molecule has 108 valence electrons. The van der Waals surface area contributed by atoms with Gasteiger partial charge in [0.15, 0.2) is 0 Å². The van der Waals surface area contributed by atoms with Crippen molar-refractivity contribution in [3.05, 3.63) is 23.8 Å². The number of carboxylic acids is 1. The Bertz CT molecular complexity index is 738. The summed E-state index contributed by atoms with van der Waals surface area (Å²) in [5, 5.41) is 16.8. The zero-order valence-corrected chi connectivity index (χ0v) is 11.6. The summed E-state index contributed by atoms with van der Waals surface area (Å²) in [7, 11) is -3.20. The number of aromatic nitrogens is 3. The van der Waals surface area contributed by atoms with E-state index < -0.39 is 16.0 Å². The fraction of sp³-hybridized carbons (Fsp3) is 0.364. The molecule has 0 radical (unpaired) electrons. The first-order chi connectivity index (χ1) is 9.38. The predicted octanol–water partition coefficient (Wildman–Crippen LogP) is 0.0688. The van der Waals surface area contributed by atoms with Crippen molar-refractivity contribution in [3.63, 3.8) is 0 Å². The SMILES string of the molecule is CS(=O)(=O)NCCCn1nnc2c(C(=O)O)cccc21. The van der Waals surface area contributed by atoms with Crippen LogP contribution in [0, 0.1) is 0 Å². The third kappa shape index (κ3) is 3.31. The van der Waals surface area contributed by atoms with E-state index >= 15 is 0 Å². The fourth-order valence-electron chi connectivity index (χ4n) is 1.82. The van der Waals surface area contributed by atoms with Crippen LogP contribution in [0.15, 0.2) is 18.2 Å². The van der Waals surface area contributed by atoms with Gasteiger partial charge in [0, 0.05) is 13.1 Å². The van der Waals surface area contributed by atoms with Crippen LogP contribution >= 0.6 is 0 Å². The number of aryl methyl sites for hydroxylation is 1. The molecule has 9 heteroatoms. The van der Waals surface area contributed by atoms with Gasteiger partial charge in [-0.15, -0.1) is 5.10 Å². The van der Waals surface area contributed by atoms with Gasteiger partial charge < -0.3 is 5.11 Å². The highest BCUT2D eigenvalue weighted by atomic mass is 32.2. The number of nitrogens with zero attached hydrogens (tertiary/aromatic N) is 3. The number of benzene rings is 1. The molecule has 0 aliphatic heterocycles. The largest absolute Gasteiger partial charge is 0.478 e. The Balaban J connectivity index is 2.12. The van der Waals surface area contributed by atoms with Crippen LogP contribution < -0.4 is 4.72 Å². The maximum Gasteiger partial charge on any atom is 0.338 e. The predicted molar refractivity (Wildman–Crippen MR) is 72.0 cm³/mol. The van der Waals surface area contributed by atoms with Crippen molar-refractivity contribution >= 4 is 27.0 Å². The molecule has 1 aromatic heterocycles. The second-order valence-electron chi connectivity index (χ2n) is 4.31. The van der Waals surface area contributed by atoms with Crippen molar-refractivity contribution in [2.45, 2.75) is 13.0 Å². The summed E-state index contributed by atoms with van der Waals surface area (Å²) >= 11 is 0. The molecule has 0 aliphatic rings. The number of sulfonamides is 1. The van der Waals surface area contributed by atoms with E-state index in [0.29, 0.717) is 30.5 Å². The average molecular weight is 298 g/mol. The summed E-state index contributed by atoms with van der Waals surface area (Å²) in [6, 6.07) is 4.82. The lowest BCUT2D eigenvalue weighted by Gasteiger charge is -2.03. The Labute approximate surface area is 115 Å². The lowest BCUT2D eigenvalue weighted by Crippen LogP contribution is -2.24. The third-order valence-electron chi connectivity index (χ3n) is 2.69. The van der Waals surface area contributed by atoms with Crippen LogP contribution in [0.1, 0.15) is 16.8 Å². The highest BCUT2D eigenvalue weighted by Crippen LogP contribution is 2.16. The molecule has 0 fully saturated rings. The Morgan fingerprint density at radius 1 is 1.45 bits per heavy atom. The van der Waals surface area contributed by atoms with Crippen molar-refractivity contribution in [3.8, 4) is 0 Å². The molecule has 2 rings (SSSR count). The number of nitrogens with one attached hydrogen (secondary N) is 1. The quantitative estimate of drug-likeness (QED) is 0.729. The van der Waals surface area contributed by atoms with Gasteiger partial charge in [-0.25, -0.2) is 22.6 Å². The second kappa shape index (κ2) is 5.55. The van der Waals surface area contributed by atoms with Gasteiger partial charge in [0.2, 0.25) is 10.0 Å². The van der Waals surface area contributed by atoms with Crippen LogP contribution in [0.5, 0.6) is 0 Å². The van der Waals surface area contributed by atoms with Crippen LogP contribution in [-0.4, -0.2) is 47.3 Å². The molecule has 0 aliphatic carbocycles. The first-order valence-electron chi connectivity index (χ1n) is 5.88. The molecule has 20 heavy (non-hydrogen) atoms. The lowest BCUT2D eigenvalue weighted by molar-refractivity contribution is 0.0699. The second-order valence-corrected chi connectivity index (χ2v) is 6.14. The van der Waals surface area contributed by atoms with E-state index in [9.17, 15) is 13.2 Å². The highest BCUT2D eigenvalue weighted by Gasteiger charge is 2.13. The van der Waals surface area contributed by atoms with E-state index in [1.165, 1.54) is 6.07 Å². The molecule has 1 heterocycles. The molecule has 8 nitrogen and oxygen atoms in total. The van der Waals surface area contributed by atoms with Gasteiger partial charge >= 0.3 is 5.97 Å². The average Bonchev–Trinajstić information content (AvgIpc) is 2.76. The summed E-state index contributed by atoms with van der Waals surface area (Å²) in [6.07, 6.45) is 1.62. The number of hydrogen-bond acceptors (Lipinski definition) is 5. The van der Waals surface area contributed by atoms with Gasteiger partial charge in [0.05, 0.1) is 17.3 Å². The summed E-state index contributed by atoms with van der Waals surface area (Å²) in [6.45, 7) is 0.737. The zero-order valence-electron chi connectivity index (χ0n) is 10.8. The smallest absolute Gasteiger partial charge is 0.338 e. The lowest BCUT2D eigenvalue weighted by atomic mass is 10.2. The molecular weight excluding hydrogens is 284 g/mol. The van der Waals surface area contributed by atoms with Gasteiger partial charge in [0.25, 0.3) is 0 Å². The van der Waals surface area contributed by atoms with Gasteiger partial charge in [0.1, 0.15) is 5.52 Å². The van der Waals surface area contributed by atoms with E-state index in [-0.39, 0.29) is 5.56 Å². The maximum atomic E-state index is 11.0. The van der Waals surface area contributed by atoms with E-state index in [4.69, 9.17) is 5.11 Å². The van der Waals surface area contributed by atoms with Crippen LogP contribution in [-0.2, 0) is 16.6 Å². The summed E-state index contributed by atoms with van der Waals surface area (Å²) in [4.78, 5) is 11.0. The maximum absolute atomic E-state index is 11.0. The van der Waals surface area contributed by atoms with Crippen LogP contribution in [0.25, 0.3) is 11.0 Å². The number of rotatable bonds is 6. The molecule has 0 saturated carbocycles. The van der Waals surface area contributed by atoms with Gasteiger partial charge in [-0.1, -0.05) is 11.3 Å². The molecule has 2 N–H and O–H groups in total. The minimum Gasteiger partial charge on any atom is -0.478 e. The normalized spacial score (nSPS) is 11.8. The van der Waals surface area contributed by atoms with Gasteiger partial charge in [-0.2, -0.15) is 0 Å². The fourth-order valence-corrected chi connectivity index (χ4v) is 2.33. The van der Waals surface area contributed by atoms with Crippen molar-refractivity contribution in [2.24, 2.45) is 0 Å². The third-order valence-corrected chi connectivity index (χ3v) is 3.42. The molecule has 2 aromatic rings. The van der Waals surface area contributed by atoms with Crippen molar-refractivity contribution < 1.29 is 18.3 Å². The topological polar surface area (TPSA) is 114 Å². The summed E-state index contributed by atoms with van der Waals surface area (Å²) in [5.74, 6) is -1.05. The first kappa shape index (κ1) is 14.4. The zero-order chi connectivity index (χ0) is 14.8. The highest BCUT2D eigenvalue weighted by molar-refractivity contribution is 7.88. The Morgan fingerprint density at radius 3 is 2.85 bits per heavy atom. The van der Waals surface area contributed by atoms with Crippen LogP contribution in [0.4, 0.5) is 0 Å². The van der Waals surface area contributed by atoms with E-state index in [1.807, 2.05) is 0 Å². The first-order valence-corrected chi connectivity index (χ1v) is 7.78. The standard InChI is InChI=1S/C11H14N4O4S/c1-20(18,19)12-6-3-7-15-9-5-2-4-8(11(16)17)10(9)13-14-15/h2,4-5,12H,3,6-7H2,1H3,(H,16,17). The molecule has 0 spiro atoms. The van der Waals surface area contributed by atoms with Crippen molar-refractivity contribution in [2.75, 3.05) is 12.8 Å². The number of carboxylic acid groups (broad SMARTS) is 1. The minimum atomic E-state index is -3.20. The minimum absolute atomic E-state index is 0.100. The van der Waals surface area contributed by atoms with Gasteiger partial charge in [-0.05, 0) is 18.6 Å². The van der Waals surface area contributed by atoms with Crippen molar-refractivity contribution in [1.82, 2.24) is 19.7 Å². The van der Waals surface area contributed by atoms with Crippen LogP contribution in [0.3, 0.4) is 0 Å². The van der Waals surface area contributed by atoms with E-state index in [2.05, 4.69) is 15.0 Å². The Morgan fingerprint density at radius 2 is 2.20 bits per heavy atom. The number of fused-ring (bicyclic) bond motifs is 1. The van der Waals surface area contributed by atoms with Gasteiger partial charge in [-0.3, -0.25) is 0 Å². The monoisotopic (exact) mass is 298 g/mol. The number of hydrogen-bond donors (Lipinski definition) is 2. The molecular formula is C11H14N4O4S. The van der Waals surface area contributed by atoms with Crippen molar-refractivity contribution in [1.29, 1.82) is 0 Å².